The number of phenols is 1. The highest BCUT2D eigenvalue weighted by Gasteiger charge is 2.38. The number of carboxylic acid groups (broad SMARTS) is 1. The molecule has 6 nitrogen and oxygen atoms in total. The third-order valence-electron chi connectivity index (χ3n) is 2.97. The number of carbonyl (C=O) groups is 2. The standard InChI is InChI=1S/C15H12O6/c16-10-7-5-9(6-8-10)13(17)11-3-1-2-4-12(11)15(20,21)14(18)19/h1-8,16,20-21H,(H,18,19). The number of hydrogen-bond donors (Lipinski definition) is 4. The summed E-state index contributed by atoms with van der Waals surface area (Å²) in [6, 6.07) is 10.6. The van der Waals surface area contributed by atoms with E-state index < -0.39 is 23.1 Å². The van der Waals surface area contributed by atoms with E-state index in [2.05, 4.69) is 0 Å². The van der Waals surface area contributed by atoms with Gasteiger partial charge in [0.15, 0.2) is 5.78 Å². The first-order valence-corrected chi connectivity index (χ1v) is 5.95. The second-order valence-corrected chi connectivity index (χ2v) is 4.40. The Bertz CT molecular complexity index is 688. The first kappa shape index (κ1) is 14.7. The van der Waals surface area contributed by atoms with Gasteiger partial charge in [-0.1, -0.05) is 24.3 Å². The molecule has 0 amide bonds. The van der Waals surface area contributed by atoms with Gasteiger partial charge in [0, 0.05) is 16.7 Å². The molecule has 0 heterocycles. The molecule has 4 N–H and O–H groups in total. The second-order valence-electron chi connectivity index (χ2n) is 4.40. The molecule has 0 aliphatic heterocycles. The van der Waals surface area contributed by atoms with Crippen LogP contribution in [0.25, 0.3) is 0 Å². The Balaban J connectivity index is 2.52. The molecule has 6 heteroatoms. The number of phenolic OH excluding ortho intramolecular Hbond substituents is 1. The minimum atomic E-state index is -3.16. The molecular formula is C15H12O6. The summed E-state index contributed by atoms with van der Waals surface area (Å²) in [4.78, 5) is 23.3. The smallest absolute Gasteiger partial charge is 0.369 e. The van der Waals surface area contributed by atoms with Crippen molar-refractivity contribution in [1.82, 2.24) is 0 Å². The molecule has 0 unspecified atom stereocenters. The largest absolute Gasteiger partial charge is 0.508 e. The normalized spacial score (nSPS) is 11.1. The molecule has 2 rings (SSSR count). The molecule has 0 bridgehead atoms. The van der Waals surface area contributed by atoms with E-state index in [1.165, 1.54) is 42.5 Å². The molecule has 0 saturated carbocycles. The van der Waals surface area contributed by atoms with Crippen molar-refractivity contribution in [1.29, 1.82) is 0 Å². The van der Waals surface area contributed by atoms with E-state index in [0.717, 1.165) is 6.07 Å². The maximum absolute atomic E-state index is 12.4. The van der Waals surface area contributed by atoms with Crippen LogP contribution in [0, 0.1) is 0 Å². The Morgan fingerprint density at radius 3 is 2.05 bits per heavy atom. The van der Waals surface area contributed by atoms with Crippen molar-refractivity contribution in [3.63, 3.8) is 0 Å². The number of aliphatic hydroxyl groups is 2. The van der Waals surface area contributed by atoms with E-state index in [-0.39, 0.29) is 16.9 Å². The van der Waals surface area contributed by atoms with Crippen molar-refractivity contribution in [2.24, 2.45) is 0 Å². The van der Waals surface area contributed by atoms with Crippen LogP contribution < -0.4 is 0 Å². The van der Waals surface area contributed by atoms with Gasteiger partial charge in [-0.2, -0.15) is 0 Å². The third-order valence-corrected chi connectivity index (χ3v) is 2.97. The maximum atomic E-state index is 12.4. The van der Waals surface area contributed by atoms with Gasteiger partial charge in [-0.05, 0) is 24.3 Å². The van der Waals surface area contributed by atoms with Crippen molar-refractivity contribution in [3.05, 3.63) is 65.2 Å². The van der Waals surface area contributed by atoms with Crippen LogP contribution in [0.3, 0.4) is 0 Å². The van der Waals surface area contributed by atoms with Crippen molar-refractivity contribution in [2.45, 2.75) is 5.79 Å². The predicted molar refractivity (Wildman–Crippen MR) is 71.7 cm³/mol. The molecular weight excluding hydrogens is 276 g/mol. The summed E-state index contributed by atoms with van der Waals surface area (Å²) in [5.41, 5.74) is -0.382. The zero-order valence-corrected chi connectivity index (χ0v) is 10.7. The summed E-state index contributed by atoms with van der Waals surface area (Å²) < 4.78 is 0. The van der Waals surface area contributed by atoms with E-state index in [1.54, 1.807) is 0 Å². The van der Waals surface area contributed by atoms with Crippen LogP contribution in [0.1, 0.15) is 21.5 Å². The van der Waals surface area contributed by atoms with Crippen LogP contribution in [-0.4, -0.2) is 32.2 Å². The van der Waals surface area contributed by atoms with Crippen LogP contribution in [-0.2, 0) is 10.6 Å². The molecule has 0 atom stereocenters. The lowest BCUT2D eigenvalue weighted by Gasteiger charge is -2.19. The first-order valence-electron chi connectivity index (χ1n) is 5.95. The van der Waals surface area contributed by atoms with E-state index in [4.69, 9.17) is 5.11 Å². The fourth-order valence-corrected chi connectivity index (χ4v) is 1.87. The van der Waals surface area contributed by atoms with Gasteiger partial charge in [-0.3, -0.25) is 4.79 Å². The molecule has 108 valence electrons. The molecule has 0 aliphatic rings. The van der Waals surface area contributed by atoms with Crippen LogP contribution >= 0.6 is 0 Å². The zero-order valence-electron chi connectivity index (χ0n) is 10.7. The minimum Gasteiger partial charge on any atom is -0.508 e. The van der Waals surface area contributed by atoms with Crippen LogP contribution in [0.15, 0.2) is 48.5 Å². The lowest BCUT2D eigenvalue weighted by molar-refractivity contribution is -0.208. The van der Waals surface area contributed by atoms with Gasteiger partial charge in [0.1, 0.15) is 5.75 Å². The zero-order chi connectivity index (χ0) is 15.6. The van der Waals surface area contributed by atoms with Gasteiger partial charge in [-0.25, -0.2) is 4.79 Å². The van der Waals surface area contributed by atoms with Crippen LogP contribution in [0.4, 0.5) is 0 Å². The Kier molecular flexibility index (Phi) is 3.75. The highest BCUT2D eigenvalue weighted by atomic mass is 16.5. The molecule has 0 aliphatic carbocycles. The molecule has 0 fully saturated rings. The number of carbonyl (C=O) groups excluding carboxylic acids is 1. The number of hydrogen-bond acceptors (Lipinski definition) is 5. The number of carboxylic acids is 1. The first-order chi connectivity index (χ1) is 9.84. The van der Waals surface area contributed by atoms with E-state index in [1.807, 2.05) is 0 Å². The monoisotopic (exact) mass is 288 g/mol. The molecule has 0 radical (unpaired) electrons. The van der Waals surface area contributed by atoms with Crippen molar-refractivity contribution < 1.29 is 30.0 Å². The molecule has 2 aromatic rings. The average molecular weight is 288 g/mol. The highest BCUT2D eigenvalue weighted by molar-refractivity contribution is 6.10. The summed E-state index contributed by atoms with van der Waals surface area (Å²) in [6.07, 6.45) is 0. The fraction of sp³-hybridized carbons (Fsp3) is 0.0667. The van der Waals surface area contributed by atoms with E-state index >= 15 is 0 Å². The third kappa shape index (κ3) is 2.76. The fourth-order valence-electron chi connectivity index (χ4n) is 1.87. The van der Waals surface area contributed by atoms with E-state index in [9.17, 15) is 24.9 Å². The molecule has 21 heavy (non-hydrogen) atoms. The molecule has 0 aromatic heterocycles. The SMILES string of the molecule is O=C(c1ccc(O)cc1)c1ccccc1C(O)(O)C(=O)O. The molecule has 2 aromatic carbocycles. The van der Waals surface area contributed by atoms with Gasteiger partial charge in [0.05, 0.1) is 0 Å². The second kappa shape index (κ2) is 5.35. The summed E-state index contributed by atoms with van der Waals surface area (Å²) >= 11 is 0. The number of aromatic hydroxyl groups is 1. The highest BCUT2D eigenvalue weighted by Crippen LogP contribution is 2.25. The summed E-state index contributed by atoms with van der Waals surface area (Å²) in [5, 5.41) is 37.4. The lowest BCUT2D eigenvalue weighted by Crippen LogP contribution is -2.36. The van der Waals surface area contributed by atoms with Crippen LogP contribution in [0.2, 0.25) is 0 Å². The average Bonchev–Trinajstić information content (AvgIpc) is 2.47. The number of benzene rings is 2. The number of aliphatic carboxylic acids is 1. The van der Waals surface area contributed by atoms with Gasteiger partial charge in [0.25, 0.3) is 5.79 Å². The maximum Gasteiger partial charge on any atom is 0.369 e. The summed E-state index contributed by atoms with van der Waals surface area (Å²) in [5.74, 6) is -5.65. The van der Waals surface area contributed by atoms with Crippen molar-refractivity contribution in [3.8, 4) is 5.75 Å². The topological polar surface area (TPSA) is 115 Å². The van der Waals surface area contributed by atoms with Gasteiger partial charge in [0.2, 0.25) is 0 Å². The predicted octanol–water partition coefficient (Wildman–Crippen LogP) is 0.845. The minimum absolute atomic E-state index is 0.0240. The Morgan fingerprint density at radius 1 is 0.905 bits per heavy atom. The Hall–Kier alpha value is -2.70. The quantitative estimate of drug-likeness (QED) is 0.489. The van der Waals surface area contributed by atoms with Gasteiger partial charge < -0.3 is 20.4 Å². The Labute approximate surface area is 119 Å². The van der Waals surface area contributed by atoms with Gasteiger partial charge in [-0.15, -0.1) is 0 Å². The van der Waals surface area contributed by atoms with Crippen molar-refractivity contribution >= 4 is 11.8 Å². The van der Waals surface area contributed by atoms with Crippen LogP contribution in [0.5, 0.6) is 5.75 Å². The summed E-state index contributed by atoms with van der Waals surface area (Å²) in [6.45, 7) is 0. The lowest BCUT2D eigenvalue weighted by atomic mass is 9.93. The molecule has 0 saturated heterocycles. The number of ketones is 1. The molecule has 0 spiro atoms. The summed E-state index contributed by atoms with van der Waals surface area (Å²) in [7, 11) is 0. The van der Waals surface area contributed by atoms with E-state index in [0.29, 0.717) is 0 Å². The number of rotatable bonds is 4. The van der Waals surface area contributed by atoms with Gasteiger partial charge >= 0.3 is 5.97 Å². The Morgan fingerprint density at radius 2 is 1.48 bits per heavy atom. The van der Waals surface area contributed by atoms with Crippen molar-refractivity contribution in [2.75, 3.05) is 0 Å².